The quantitative estimate of drug-likeness (QED) is 0.733. The van der Waals surface area contributed by atoms with Crippen molar-refractivity contribution in [2.24, 2.45) is 0 Å². The largest absolute Gasteiger partial charge is 0.0795 e. The van der Waals surface area contributed by atoms with E-state index in [1.54, 1.807) is 0 Å². The first-order valence-electron chi connectivity index (χ1n) is 6.95. The first-order chi connectivity index (χ1) is 9.38. The van der Waals surface area contributed by atoms with Gasteiger partial charge in [-0.2, -0.15) is 0 Å². The van der Waals surface area contributed by atoms with Gasteiger partial charge in [0.05, 0.1) is 0 Å². The lowest BCUT2D eigenvalue weighted by atomic mass is 9.98. The van der Waals surface area contributed by atoms with Crippen molar-refractivity contribution < 1.29 is 0 Å². The minimum atomic E-state index is 1.04. The van der Waals surface area contributed by atoms with Crippen LogP contribution in [0.1, 0.15) is 33.4 Å². The molecule has 2 aromatic rings. The van der Waals surface area contributed by atoms with Crippen LogP contribution in [0.5, 0.6) is 0 Å². The van der Waals surface area contributed by atoms with E-state index in [9.17, 15) is 0 Å². The maximum atomic E-state index is 2.36. The number of fused-ring (bicyclic) bond motifs is 2. The van der Waals surface area contributed by atoms with E-state index in [2.05, 4.69) is 60.7 Å². The van der Waals surface area contributed by atoms with Gasteiger partial charge in [-0.1, -0.05) is 60.7 Å². The van der Waals surface area contributed by atoms with Gasteiger partial charge < -0.3 is 0 Å². The molecular weight excluding hydrogens is 228 g/mol. The minimum absolute atomic E-state index is 1.04. The molecule has 19 heavy (non-hydrogen) atoms. The second-order valence-electron chi connectivity index (χ2n) is 5.46. The Morgan fingerprint density at radius 2 is 1.21 bits per heavy atom. The Kier molecular flexibility index (Phi) is 2.41. The summed E-state index contributed by atoms with van der Waals surface area (Å²) in [5.41, 5.74) is 8.58. The standard InChI is InChI=1S/C19H16/c1-3-16-9-7-14(12-18(16)5-1)11-15-8-10-17-4-2-6-19(17)13-15/h1-4,7-10,12-13H,5-6,11H2. The number of hydrogen-bond donors (Lipinski definition) is 0. The van der Waals surface area contributed by atoms with Gasteiger partial charge in [0, 0.05) is 0 Å². The zero-order valence-corrected chi connectivity index (χ0v) is 10.9. The second kappa shape index (κ2) is 4.24. The predicted molar refractivity (Wildman–Crippen MR) is 81.2 cm³/mol. The number of hydrogen-bond acceptors (Lipinski definition) is 0. The molecule has 2 aromatic carbocycles. The van der Waals surface area contributed by atoms with Crippen LogP contribution < -0.4 is 0 Å². The predicted octanol–water partition coefficient (Wildman–Crippen LogP) is 4.42. The van der Waals surface area contributed by atoms with Crippen LogP contribution in [0.15, 0.2) is 48.6 Å². The van der Waals surface area contributed by atoms with Gasteiger partial charge in [0.2, 0.25) is 0 Å². The van der Waals surface area contributed by atoms with Crippen molar-refractivity contribution in [1.82, 2.24) is 0 Å². The van der Waals surface area contributed by atoms with Crippen LogP contribution >= 0.6 is 0 Å². The molecule has 0 spiro atoms. The van der Waals surface area contributed by atoms with Crippen LogP contribution in [0.25, 0.3) is 12.2 Å². The van der Waals surface area contributed by atoms with E-state index in [1.807, 2.05) is 0 Å². The summed E-state index contributed by atoms with van der Waals surface area (Å²) in [5.74, 6) is 0. The summed E-state index contributed by atoms with van der Waals surface area (Å²) in [4.78, 5) is 0. The molecule has 0 fully saturated rings. The molecule has 0 unspecified atom stereocenters. The fourth-order valence-electron chi connectivity index (χ4n) is 3.08. The Morgan fingerprint density at radius 3 is 1.74 bits per heavy atom. The van der Waals surface area contributed by atoms with E-state index >= 15 is 0 Å². The number of rotatable bonds is 2. The molecular formula is C19H16. The van der Waals surface area contributed by atoms with Gasteiger partial charge in [0.1, 0.15) is 0 Å². The van der Waals surface area contributed by atoms with E-state index < -0.39 is 0 Å². The highest BCUT2D eigenvalue weighted by Gasteiger charge is 2.08. The molecule has 0 saturated carbocycles. The van der Waals surface area contributed by atoms with Gasteiger partial charge in [-0.3, -0.25) is 0 Å². The molecule has 0 heteroatoms. The smallest absolute Gasteiger partial charge is 0.00256 e. The van der Waals surface area contributed by atoms with Crippen molar-refractivity contribution in [2.75, 3.05) is 0 Å². The van der Waals surface area contributed by atoms with E-state index in [1.165, 1.54) is 33.4 Å². The maximum absolute atomic E-state index is 2.36. The molecule has 0 atom stereocenters. The average Bonchev–Trinajstić information content (AvgIpc) is 3.05. The number of allylic oxidation sites excluding steroid dienone is 2. The molecule has 0 amide bonds. The molecule has 0 aliphatic heterocycles. The van der Waals surface area contributed by atoms with Crippen molar-refractivity contribution >= 4 is 12.2 Å². The van der Waals surface area contributed by atoms with Gasteiger partial charge in [-0.15, -0.1) is 0 Å². The van der Waals surface area contributed by atoms with Crippen LogP contribution in [-0.2, 0) is 19.3 Å². The molecule has 0 saturated heterocycles. The maximum Gasteiger partial charge on any atom is -0.00256 e. The van der Waals surface area contributed by atoms with Crippen LogP contribution in [-0.4, -0.2) is 0 Å². The van der Waals surface area contributed by atoms with Crippen molar-refractivity contribution in [3.05, 3.63) is 81.9 Å². The first-order valence-corrected chi connectivity index (χ1v) is 6.95. The lowest BCUT2D eigenvalue weighted by molar-refractivity contribution is 1.15. The molecule has 0 bridgehead atoms. The molecule has 0 radical (unpaired) electrons. The Hall–Kier alpha value is -2.08. The summed E-state index contributed by atoms with van der Waals surface area (Å²) in [6.07, 6.45) is 12.2. The van der Waals surface area contributed by atoms with Crippen molar-refractivity contribution in [3.63, 3.8) is 0 Å². The van der Waals surface area contributed by atoms with E-state index in [4.69, 9.17) is 0 Å². The fourth-order valence-corrected chi connectivity index (χ4v) is 3.08. The van der Waals surface area contributed by atoms with Crippen molar-refractivity contribution in [1.29, 1.82) is 0 Å². The van der Waals surface area contributed by atoms with E-state index in [-0.39, 0.29) is 0 Å². The highest BCUT2D eigenvalue weighted by atomic mass is 14.1. The Bertz CT molecular complexity index is 640. The summed E-state index contributed by atoms with van der Waals surface area (Å²) in [6.45, 7) is 0. The molecule has 0 nitrogen and oxygen atoms in total. The third kappa shape index (κ3) is 1.94. The SMILES string of the molecule is C1=Cc2ccc(Cc3ccc4c(c3)CC=C4)cc2C1. The molecule has 2 aliphatic carbocycles. The molecule has 2 aliphatic rings. The average molecular weight is 244 g/mol. The number of benzene rings is 2. The van der Waals surface area contributed by atoms with Crippen LogP contribution in [0.2, 0.25) is 0 Å². The zero-order valence-electron chi connectivity index (χ0n) is 10.9. The van der Waals surface area contributed by atoms with Gasteiger partial charge in [0.25, 0.3) is 0 Å². The highest BCUT2D eigenvalue weighted by Crippen LogP contribution is 2.24. The summed E-state index contributed by atoms with van der Waals surface area (Å²) >= 11 is 0. The van der Waals surface area contributed by atoms with Crippen LogP contribution in [0.3, 0.4) is 0 Å². The Labute approximate surface area is 114 Å². The van der Waals surface area contributed by atoms with Gasteiger partial charge >= 0.3 is 0 Å². The topological polar surface area (TPSA) is 0 Å². The third-order valence-electron chi connectivity index (χ3n) is 4.09. The van der Waals surface area contributed by atoms with E-state index in [0.717, 1.165) is 19.3 Å². The van der Waals surface area contributed by atoms with Crippen LogP contribution in [0, 0.1) is 0 Å². The summed E-state index contributed by atoms with van der Waals surface area (Å²) in [6, 6.07) is 13.8. The summed E-state index contributed by atoms with van der Waals surface area (Å²) in [7, 11) is 0. The lowest BCUT2D eigenvalue weighted by Crippen LogP contribution is -1.93. The molecule has 0 N–H and O–H groups in total. The monoisotopic (exact) mass is 244 g/mol. The van der Waals surface area contributed by atoms with Crippen molar-refractivity contribution in [2.45, 2.75) is 19.3 Å². The van der Waals surface area contributed by atoms with Gasteiger partial charge in [-0.05, 0) is 52.6 Å². The molecule has 92 valence electrons. The second-order valence-corrected chi connectivity index (χ2v) is 5.46. The van der Waals surface area contributed by atoms with Crippen LogP contribution in [0.4, 0.5) is 0 Å². The van der Waals surface area contributed by atoms with Crippen molar-refractivity contribution in [3.8, 4) is 0 Å². The first kappa shape index (κ1) is 10.8. The highest BCUT2D eigenvalue weighted by molar-refractivity contribution is 5.62. The minimum Gasteiger partial charge on any atom is -0.0795 e. The van der Waals surface area contributed by atoms with Gasteiger partial charge in [0.15, 0.2) is 0 Å². The Morgan fingerprint density at radius 1 is 0.684 bits per heavy atom. The zero-order chi connectivity index (χ0) is 12.7. The van der Waals surface area contributed by atoms with E-state index in [0.29, 0.717) is 0 Å². The van der Waals surface area contributed by atoms with Gasteiger partial charge in [-0.25, -0.2) is 0 Å². The fraction of sp³-hybridized carbons (Fsp3) is 0.158. The molecule has 0 aromatic heterocycles. The lowest BCUT2D eigenvalue weighted by Gasteiger charge is -2.07. The summed E-state index contributed by atoms with van der Waals surface area (Å²) < 4.78 is 0. The molecule has 4 rings (SSSR count). The Balaban J connectivity index is 1.62. The summed E-state index contributed by atoms with van der Waals surface area (Å²) in [5, 5.41) is 0. The molecule has 0 heterocycles. The third-order valence-corrected chi connectivity index (χ3v) is 4.09. The normalized spacial score (nSPS) is 14.7.